The maximum atomic E-state index is 15.0. The number of aryl methyl sites for hydroxylation is 1. The Balaban J connectivity index is 0.000000591. The molecule has 0 atom stereocenters. The number of aromatic nitrogens is 4. The lowest BCUT2D eigenvalue weighted by Crippen LogP contribution is -2.21. The summed E-state index contributed by atoms with van der Waals surface area (Å²) in [4.78, 5) is 16.3. The molecule has 19 heteroatoms. The molecule has 0 saturated carbocycles. The summed E-state index contributed by atoms with van der Waals surface area (Å²) < 4.78 is 109. The molecule has 0 bridgehead atoms. The Bertz CT molecular complexity index is 1970. The van der Waals surface area contributed by atoms with E-state index in [1.54, 1.807) is 30.2 Å². The summed E-state index contributed by atoms with van der Waals surface area (Å²) in [5.74, 6) is -5.90. The Kier molecular flexibility index (Phi) is 9.69. The lowest BCUT2D eigenvalue weighted by Gasteiger charge is -2.14. The maximum Gasteiger partial charge on any atom is 0.490 e. The summed E-state index contributed by atoms with van der Waals surface area (Å²) in [5, 5.41) is 12.5. The third-order valence-corrected chi connectivity index (χ3v) is 7.76. The maximum absolute atomic E-state index is 15.0. The number of hydrogen-bond acceptors (Lipinski definition) is 8. The Morgan fingerprint density at radius 1 is 1.00 bits per heavy atom. The predicted octanol–water partition coefficient (Wildman–Crippen LogP) is 6.90. The highest BCUT2D eigenvalue weighted by Gasteiger charge is 2.38. The van der Waals surface area contributed by atoms with E-state index in [9.17, 15) is 34.8 Å². The van der Waals surface area contributed by atoms with E-state index in [1.807, 2.05) is 0 Å². The summed E-state index contributed by atoms with van der Waals surface area (Å²) >= 11 is 7.45. The molecular formula is C26H16ClF6N5O5S2. The number of aliphatic carboxylic acids is 1. The van der Waals surface area contributed by atoms with Gasteiger partial charge in [0.1, 0.15) is 16.5 Å². The first-order valence-corrected chi connectivity index (χ1v) is 14.7. The molecule has 45 heavy (non-hydrogen) atoms. The van der Waals surface area contributed by atoms with E-state index in [-0.39, 0.29) is 22.3 Å². The first-order valence-electron chi connectivity index (χ1n) is 11.9. The van der Waals surface area contributed by atoms with Gasteiger partial charge in [-0.05, 0) is 30.3 Å². The van der Waals surface area contributed by atoms with Crippen molar-refractivity contribution < 1.29 is 49.4 Å². The number of rotatable bonds is 7. The van der Waals surface area contributed by atoms with Crippen molar-refractivity contribution in [3.05, 3.63) is 88.4 Å². The molecule has 0 saturated heterocycles. The number of thiazole rings is 1. The number of hydrogen-bond donors (Lipinski definition) is 2. The van der Waals surface area contributed by atoms with Crippen molar-refractivity contribution in [3.8, 4) is 33.9 Å². The molecule has 0 fully saturated rings. The minimum Gasteiger partial charge on any atom is -0.475 e. The molecule has 236 valence electrons. The first kappa shape index (κ1) is 33.2. The van der Waals surface area contributed by atoms with Crippen LogP contribution in [0.15, 0.2) is 70.8 Å². The fraction of sp³-hybridized carbons (Fsp3) is 0.0769. The predicted molar refractivity (Wildman–Crippen MR) is 150 cm³/mol. The third-order valence-electron chi connectivity index (χ3n) is 5.51. The second-order valence-corrected chi connectivity index (χ2v) is 11.5. The number of sulfonamides is 1. The number of carbonyl (C=O) groups is 1. The Morgan fingerprint density at radius 2 is 1.71 bits per heavy atom. The van der Waals surface area contributed by atoms with Crippen molar-refractivity contribution >= 4 is 44.7 Å². The third kappa shape index (κ3) is 8.08. The molecule has 0 aliphatic heterocycles. The van der Waals surface area contributed by atoms with E-state index < -0.39 is 44.5 Å². The van der Waals surface area contributed by atoms with E-state index >= 15 is 0 Å². The highest BCUT2D eigenvalue weighted by Crippen LogP contribution is 2.39. The second kappa shape index (κ2) is 13.1. The van der Waals surface area contributed by atoms with Crippen molar-refractivity contribution in [1.82, 2.24) is 19.7 Å². The van der Waals surface area contributed by atoms with Crippen molar-refractivity contribution in [1.29, 1.82) is 0 Å². The van der Waals surface area contributed by atoms with Crippen LogP contribution in [-0.2, 0) is 21.9 Å². The number of carboxylic acids is 1. The van der Waals surface area contributed by atoms with Gasteiger partial charge in [-0.15, -0.1) is 11.3 Å². The fourth-order valence-electron chi connectivity index (χ4n) is 3.49. The van der Waals surface area contributed by atoms with Gasteiger partial charge in [0.15, 0.2) is 23.2 Å². The van der Waals surface area contributed by atoms with Gasteiger partial charge in [-0.25, -0.2) is 31.4 Å². The topological polar surface area (TPSA) is 136 Å². The van der Waals surface area contributed by atoms with Gasteiger partial charge in [-0.3, -0.25) is 14.4 Å². The first-order chi connectivity index (χ1) is 21.0. The number of nitrogens with zero attached hydrogens (tertiary/aromatic N) is 4. The van der Waals surface area contributed by atoms with Crippen LogP contribution in [0.1, 0.15) is 0 Å². The zero-order valence-electron chi connectivity index (χ0n) is 22.2. The standard InChI is InChI=1S/C24H15ClF3N5O3S2.C2HF3O2/c1-33-10-14(8-31-33)15-5-20(13-2-3-17(26)18(27)4-13)29-9-22(15)36-21-7-19(28)23(6-16(21)25)38(34,35)32-24-11-37-12-30-24;3-2(4,5)1(6)7/h2-12,32H,1H3;(H,6,7). The normalized spacial score (nSPS) is 11.5. The van der Waals surface area contributed by atoms with Crippen LogP contribution in [0.3, 0.4) is 0 Å². The lowest BCUT2D eigenvalue weighted by molar-refractivity contribution is -0.192. The number of pyridine rings is 1. The molecule has 5 aromatic rings. The van der Waals surface area contributed by atoms with Crippen LogP contribution in [0.4, 0.5) is 32.2 Å². The Labute approximate surface area is 258 Å². The summed E-state index contributed by atoms with van der Waals surface area (Å²) in [6.45, 7) is 0. The van der Waals surface area contributed by atoms with Gasteiger partial charge in [0.2, 0.25) is 0 Å². The van der Waals surface area contributed by atoms with Gasteiger partial charge >= 0.3 is 12.1 Å². The highest BCUT2D eigenvalue weighted by atomic mass is 35.5. The number of alkyl halides is 3. The molecule has 3 heterocycles. The minimum atomic E-state index is -5.08. The molecule has 2 N–H and O–H groups in total. The molecule has 0 radical (unpaired) electrons. The lowest BCUT2D eigenvalue weighted by atomic mass is 10.0. The van der Waals surface area contributed by atoms with Gasteiger partial charge in [-0.2, -0.15) is 18.3 Å². The van der Waals surface area contributed by atoms with Crippen molar-refractivity contribution in [2.75, 3.05) is 4.72 Å². The Morgan fingerprint density at radius 3 is 2.29 bits per heavy atom. The molecule has 10 nitrogen and oxygen atoms in total. The SMILES string of the molecule is Cn1cc(-c2cc(-c3ccc(F)c(F)c3)ncc2Oc2cc(F)c(S(=O)(=O)Nc3cscn3)cc2Cl)cn1.O=C(O)C(F)(F)F. The van der Waals surface area contributed by atoms with Crippen molar-refractivity contribution in [2.45, 2.75) is 11.1 Å². The number of benzene rings is 2. The van der Waals surface area contributed by atoms with Crippen LogP contribution in [0, 0.1) is 17.5 Å². The molecule has 2 aromatic carbocycles. The summed E-state index contributed by atoms with van der Waals surface area (Å²) in [6, 6.07) is 6.71. The van der Waals surface area contributed by atoms with Gasteiger partial charge in [0.25, 0.3) is 10.0 Å². The van der Waals surface area contributed by atoms with Gasteiger partial charge < -0.3 is 9.84 Å². The van der Waals surface area contributed by atoms with Crippen molar-refractivity contribution in [2.24, 2.45) is 7.05 Å². The largest absolute Gasteiger partial charge is 0.490 e. The minimum absolute atomic E-state index is 0.0409. The second-order valence-electron chi connectivity index (χ2n) is 8.69. The number of nitrogens with one attached hydrogen (secondary N) is 1. The number of halogens is 7. The molecule has 0 aliphatic rings. The molecular weight excluding hydrogens is 676 g/mol. The van der Waals surface area contributed by atoms with Crippen LogP contribution in [0.5, 0.6) is 11.5 Å². The Hall–Kier alpha value is -4.68. The van der Waals surface area contributed by atoms with Crippen LogP contribution < -0.4 is 9.46 Å². The molecule has 5 rings (SSSR count). The monoisotopic (exact) mass is 691 g/mol. The summed E-state index contributed by atoms with van der Waals surface area (Å²) in [7, 11) is -2.62. The quantitative estimate of drug-likeness (QED) is 0.176. The number of ether oxygens (including phenoxy) is 1. The van der Waals surface area contributed by atoms with Crippen LogP contribution >= 0.6 is 22.9 Å². The molecule has 0 unspecified atom stereocenters. The van der Waals surface area contributed by atoms with Crippen LogP contribution in [0.2, 0.25) is 5.02 Å². The van der Waals surface area contributed by atoms with E-state index in [0.717, 1.165) is 35.6 Å². The molecule has 0 amide bonds. The van der Waals surface area contributed by atoms with Gasteiger partial charge in [0.05, 0.1) is 28.6 Å². The van der Waals surface area contributed by atoms with Gasteiger partial charge in [0, 0.05) is 41.4 Å². The average Bonchev–Trinajstić information content (AvgIpc) is 3.63. The van der Waals surface area contributed by atoms with E-state index in [4.69, 9.17) is 26.2 Å². The van der Waals surface area contributed by atoms with Gasteiger partial charge in [-0.1, -0.05) is 11.6 Å². The molecule has 0 aliphatic carbocycles. The highest BCUT2D eigenvalue weighted by molar-refractivity contribution is 7.92. The van der Waals surface area contributed by atoms with E-state index in [0.29, 0.717) is 22.4 Å². The van der Waals surface area contributed by atoms with E-state index in [1.165, 1.54) is 23.2 Å². The van der Waals surface area contributed by atoms with Crippen molar-refractivity contribution in [3.63, 3.8) is 0 Å². The fourth-order valence-corrected chi connectivity index (χ4v) is 5.40. The summed E-state index contributed by atoms with van der Waals surface area (Å²) in [6.07, 6.45) is -0.555. The van der Waals surface area contributed by atoms with Crippen LogP contribution in [-0.4, -0.2) is 45.4 Å². The average molecular weight is 692 g/mol. The zero-order chi connectivity index (χ0) is 33.1. The molecule has 0 spiro atoms. The molecule has 3 aromatic heterocycles. The zero-order valence-corrected chi connectivity index (χ0v) is 24.6. The number of carboxylic acid groups (broad SMARTS) is 1. The van der Waals surface area contributed by atoms with E-state index in [2.05, 4.69) is 19.8 Å². The van der Waals surface area contributed by atoms with Crippen LogP contribution in [0.25, 0.3) is 22.4 Å². The number of anilines is 1. The smallest absolute Gasteiger partial charge is 0.475 e. The summed E-state index contributed by atoms with van der Waals surface area (Å²) in [5.41, 5.74) is 3.06.